The zero-order valence-corrected chi connectivity index (χ0v) is 12.2. The highest BCUT2D eigenvalue weighted by Gasteiger charge is 2.05. The van der Waals surface area contributed by atoms with E-state index in [-0.39, 0.29) is 0 Å². The molecule has 1 aromatic rings. The molecule has 0 saturated carbocycles. The lowest BCUT2D eigenvalue weighted by atomic mass is 10.2. The Kier molecular flexibility index (Phi) is 6.71. The molecule has 5 heteroatoms. The summed E-state index contributed by atoms with van der Waals surface area (Å²) in [6.45, 7) is 7.72. The van der Waals surface area contributed by atoms with Gasteiger partial charge in [0.2, 0.25) is 5.88 Å². The van der Waals surface area contributed by atoms with Gasteiger partial charge in [-0.15, -0.1) is 0 Å². The van der Waals surface area contributed by atoms with Crippen molar-refractivity contribution < 1.29 is 4.74 Å². The monoisotopic (exact) mass is 264 g/mol. The van der Waals surface area contributed by atoms with Gasteiger partial charge in [0.25, 0.3) is 0 Å². The van der Waals surface area contributed by atoms with Gasteiger partial charge in [-0.25, -0.2) is 9.98 Å². The Morgan fingerprint density at radius 3 is 2.89 bits per heavy atom. The van der Waals surface area contributed by atoms with Crippen LogP contribution in [0.25, 0.3) is 0 Å². The Morgan fingerprint density at radius 1 is 1.47 bits per heavy atom. The van der Waals surface area contributed by atoms with Crippen LogP contribution in [0.1, 0.15) is 32.8 Å². The van der Waals surface area contributed by atoms with E-state index in [0.29, 0.717) is 18.5 Å². The molecule has 5 nitrogen and oxygen atoms in total. The number of nitrogens with zero attached hydrogens (tertiary/aromatic N) is 2. The first-order valence-electron chi connectivity index (χ1n) is 6.73. The van der Waals surface area contributed by atoms with E-state index in [1.54, 1.807) is 13.3 Å². The maximum absolute atomic E-state index is 5.22. The van der Waals surface area contributed by atoms with Crippen LogP contribution in [0.5, 0.6) is 5.88 Å². The number of guanidine groups is 1. The largest absolute Gasteiger partial charge is 0.481 e. The van der Waals surface area contributed by atoms with Crippen LogP contribution < -0.4 is 15.4 Å². The predicted molar refractivity (Wildman–Crippen MR) is 78.5 cm³/mol. The van der Waals surface area contributed by atoms with Crippen molar-refractivity contribution in [3.05, 3.63) is 23.9 Å². The van der Waals surface area contributed by atoms with E-state index < -0.39 is 0 Å². The van der Waals surface area contributed by atoms with Gasteiger partial charge in [0.1, 0.15) is 0 Å². The van der Waals surface area contributed by atoms with Crippen LogP contribution in [0.3, 0.4) is 0 Å². The number of aliphatic imine (C=N–C) groups is 1. The van der Waals surface area contributed by atoms with Crippen LogP contribution in [0.2, 0.25) is 0 Å². The molecule has 0 saturated heterocycles. The van der Waals surface area contributed by atoms with Crippen LogP contribution in [-0.2, 0) is 6.54 Å². The molecule has 1 aromatic heterocycles. The third-order valence-electron chi connectivity index (χ3n) is 2.79. The van der Waals surface area contributed by atoms with E-state index in [0.717, 1.165) is 24.5 Å². The fraction of sp³-hybridized carbons (Fsp3) is 0.571. The molecule has 2 N–H and O–H groups in total. The van der Waals surface area contributed by atoms with Crippen molar-refractivity contribution in [1.29, 1.82) is 0 Å². The van der Waals surface area contributed by atoms with Gasteiger partial charge >= 0.3 is 0 Å². The Bertz CT molecular complexity index is 406. The lowest BCUT2D eigenvalue weighted by molar-refractivity contribution is 0.392. The number of methoxy groups -OCH3 is 1. The van der Waals surface area contributed by atoms with E-state index in [4.69, 9.17) is 4.74 Å². The highest BCUT2D eigenvalue weighted by molar-refractivity contribution is 5.80. The number of rotatable bonds is 6. The van der Waals surface area contributed by atoms with Crippen molar-refractivity contribution in [3.8, 4) is 5.88 Å². The number of pyridine rings is 1. The second kappa shape index (κ2) is 8.34. The highest BCUT2D eigenvalue weighted by atomic mass is 16.5. The lowest BCUT2D eigenvalue weighted by Crippen LogP contribution is -2.41. The maximum atomic E-state index is 5.22. The zero-order valence-electron chi connectivity index (χ0n) is 12.2. The van der Waals surface area contributed by atoms with Crippen molar-refractivity contribution in [2.45, 2.75) is 39.8 Å². The quantitative estimate of drug-likeness (QED) is 0.609. The molecule has 1 heterocycles. The summed E-state index contributed by atoms with van der Waals surface area (Å²) in [6.07, 6.45) is 2.77. The van der Waals surface area contributed by atoms with E-state index in [1.165, 1.54) is 0 Å². The number of aromatic nitrogens is 1. The van der Waals surface area contributed by atoms with Crippen molar-refractivity contribution >= 4 is 5.96 Å². The average molecular weight is 264 g/mol. The molecule has 0 radical (unpaired) electrons. The zero-order chi connectivity index (χ0) is 14.1. The molecule has 0 aliphatic carbocycles. The molecular weight excluding hydrogens is 240 g/mol. The van der Waals surface area contributed by atoms with Crippen LogP contribution in [0.15, 0.2) is 23.3 Å². The molecule has 0 bridgehead atoms. The predicted octanol–water partition coefficient (Wildman–Crippen LogP) is 1.94. The number of nitrogens with one attached hydrogen (secondary N) is 2. The minimum Gasteiger partial charge on any atom is -0.481 e. The van der Waals surface area contributed by atoms with Crippen molar-refractivity contribution in [2.24, 2.45) is 4.99 Å². The minimum absolute atomic E-state index is 0.397. The number of ether oxygens (including phenoxy) is 1. The number of hydrogen-bond donors (Lipinski definition) is 2. The SMILES string of the molecule is CCNC(=NCc1cccnc1OC)NC(C)CC. The summed E-state index contributed by atoms with van der Waals surface area (Å²) in [5.41, 5.74) is 0.978. The van der Waals surface area contributed by atoms with Gasteiger partial charge in [-0.2, -0.15) is 0 Å². The molecule has 0 spiro atoms. The van der Waals surface area contributed by atoms with Crippen molar-refractivity contribution in [2.75, 3.05) is 13.7 Å². The van der Waals surface area contributed by atoms with Gasteiger partial charge in [0.15, 0.2) is 5.96 Å². The summed E-state index contributed by atoms with van der Waals surface area (Å²) < 4.78 is 5.22. The van der Waals surface area contributed by atoms with Gasteiger partial charge in [-0.1, -0.05) is 13.0 Å². The molecule has 0 amide bonds. The molecular formula is C14H24N4O. The van der Waals surface area contributed by atoms with E-state index in [2.05, 4.69) is 41.4 Å². The molecule has 106 valence electrons. The fourth-order valence-corrected chi connectivity index (χ4v) is 1.55. The summed E-state index contributed by atoms with van der Waals surface area (Å²) in [5, 5.41) is 6.59. The first-order chi connectivity index (χ1) is 9.21. The Labute approximate surface area is 115 Å². The summed E-state index contributed by atoms with van der Waals surface area (Å²) in [5.74, 6) is 1.45. The van der Waals surface area contributed by atoms with E-state index in [9.17, 15) is 0 Å². The molecule has 19 heavy (non-hydrogen) atoms. The summed E-state index contributed by atoms with van der Waals surface area (Å²) in [4.78, 5) is 8.72. The second-order valence-corrected chi connectivity index (χ2v) is 4.32. The fourth-order valence-electron chi connectivity index (χ4n) is 1.55. The van der Waals surface area contributed by atoms with Gasteiger partial charge in [0.05, 0.1) is 13.7 Å². The van der Waals surface area contributed by atoms with E-state index >= 15 is 0 Å². The Balaban J connectivity index is 2.73. The molecule has 1 unspecified atom stereocenters. The average Bonchev–Trinajstić information content (AvgIpc) is 2.45. The molecule has 0 aliphatic heterocycles. The number of hydrogen-bond acceptors (Lipinski definition) is 3. The van der Waals surface area contributed by atoms with Crippen LogP contribution in [0, 0.1) is 0 Å². The first kappa shape index (κ1) is 15.3. The van der Waals surface area contributed by atoms with Crippen LogP contribution in [0.4, 0.5) is 0 Å². The lowest BCUT2D eigenvalue weighted by Gasteiger charge is -2.16. The summed E-state index contributed by atoms with van der Waals surface area (Å²) in [6, 6.07) is 4.26. The van der Waals surface area contributed by atoms with Crippen LogP contribution in [-0.4, -0.2) is 30.6 Å². The molecule has 0 fully saturated rings. The third kappa shape index (κ3) is 5.16. The van der Waals surface area contributed by atoms with Gasteiger partial charge in [-0.05, 0) is 26.3 Å². The third-order valence-corrected chi connectivity index (χ3v) is 2.79. The summed E-state index contributed by atoms with van der Waals surface area (Å²) in [7, 11) is 1.62. The van der Waals surface area contributed by atoms with Crippen LogP contribution >= 0.6 is 0 Å². The maximum Gasteiger partial charge on any atom is 0.218 e. The molecule has 0 aromatic carbocycles. The minimum atomic E-state index is 0.397. The molecule has 1 atom stereocenters. The van der Waals surface area contributed by atoms with Gasteiger partial charge in [0, 0.05) is 24.3 Å². The molecule has 0 aliphatic rings. The highest BCUT2D eigenvalue weighted by Crippen LogP contribution is 2.14. The van der Waals surface area contributed by atoms with Crippen molar-refractivity contribution in [1.82, 2.24) is 15.6 Å². The Morgan fingerprint density at radius 2 is 2.26 bits per heavy atom. The van der Waals surface area contributed by atoms with E-state index in [1.807, 2.05) is 12.1 Å². The normalized spacial score (nSPS) is 12.9. The van der Waals surface area contributed by atoms with Gasteiger partial charge in [-0.3, -0.25) is 0 Å². The standard InChI is InChI=1S/C14H24N4O/c1-5-11(3)18-14(15-6-2)17-10-12-8-7-9-16-13(12)19-4/h7-9,11H,5-6,10H2,1-4H3,(H2,15,17,18). The smallest absolute Gasteiger partial charge is 0.218 e. The second-order valence-electron chi connectivity index (χ2n) is 4.32. The summed E-state index contributed by atoms with van der Waals surface area (Å²) >= 11 is 0. The van der Waals surface area contributed by atoms with Gasteiger partial charge < -0.3 is 15.4 Å². The first-order valence-corrected chi connectivity index (χ1v) is 6.73. The molecule has 1 rings (SSSR count). The topological polar surface area (TPSA) is 58.5 Å². The van der Waals surface area contributed by atoms with Crippen molar-refractivity contribution in [3.63, 3.8) is 0 Å². The Hall–Kier alpha value is -1.78.